The number of alkyl halides is 1. The van der Waals surface area contributed by atoms with Crippen LogP contribution < -0.4 is 4.90 Å². The Balaban J connectivity index is 2.03. The van der Waals surface area contributed by atoms with E-state index in [1.807, 2.05) is 6.20 Å². The molecule has 0 aliphatic carbocycles. The zero-order valence-electron chi connectivity index (χ0n) is 9.90. The van der Waals surface area contributed by atoms with Gasteiger partial charge in [-0.2, -0.15) is 0 Å². The number of imidazole rings is 1. The molecular formula is C12H20ClN3. The molecule has 1 aliphatic rings. The molecule has 1 aliphatic heterocycles. The molecular weight excluding hydrogens is 222 g/mol. The molecule has 0 bridgehead atoms. The molecule has 16 heavy (non-hydrogen) atoms. The second kappa shape index (κ2) is 5.58. The lowest BCUT2D eigenvalue weighted by Crippen LogP contribution is -2.37. The van der Waals surface area contributed by atoms with E-state index in [2.05, 4.69) is 27.6 Å². The molecule has 90 valence electrons. The van der Waals surface area contributed by atoms with E-state index >= 15 is 0 Å². The summed E-state index contributed by atoms with van der Waals surface area (Å²) in [6.07, 6.45) is 7.66. The van der Waals surface area contributed by atoms with Gasteiger partial charge in [-0.05, 0) is 32.1 Å². The van der Waals surface area contributed by atoms with E-state index in [1.165, 1.54) is 12.8 Å². The van der Waals surface area contributed by atoms with E-state index in [0.717, 1.165) is 43.8 Å². The lowest BCUT2D eigenvalue weighted by Gasteiger charge is -2.33. The van der Waals surface area contributed by atoms with Crippen LogP contribution in [0.25, 0.3) is 0 Å². The van der Waals surface area contributed by atoms with Crippen LogP contribution in [0.4, 0.5) is 5.95 Å². The van der Waals surface area contributed by atoms with Crippen LogP contribution in [0.5, 0.6) is 0 Å². The van der Waals surface area contributed by atoms with E-state index < -0.39 is 0 Å². The van der Waals surface area contributed by atoms with Crippen molar-refractivity contribution in [2.24, 2.45) is 5.92 Å². The Morgan fingerprint density at radius 1 is 1.56 bits per heavy atom. The predicted octanol–water partition coefficient (Wildman–Crippen LogP) is 2.75. The van der Waals surface area contributed by atoms with Gasteiger partial charge in [-0.1, -0.05) is 0 Å². The molecule has 0 radical (unpaired) electrons. The molecule has 0 saturated carbocycles. The van der Waals surface area contributed by atoms with Gasteiger partial charge in [0.15, 0.2) is 0 Å². The van der Waals surface area contributed by atoms with Gasteiger partial charge in [0.1, 0.15) is 0 Å². The molecule has 0 N–H and O–H groups in total. The van der Waals surface area contributed by atoms with Gasteiger partial charge in [-0.15, -0.1) is 11.6 Å². The average Bonchev–Trinajstić information content (AvgIpc) is 2.78. The van der Waals surface area contributed by atoms with Crippen molar-refractivity contribution in [3.05, 3.63) is 12.4 Å². The Morgan fingerprint density at radius 2 is 2.44 bits per heavy atom. The normalized spacial score (nSPS) is 21.4. The molecule has 1 unspecified atom stereocenters. The van der Waals surface area contributed by atoms with E-state index in [4.69, 9.17) is 11.6 Å². The van der Waals surface area contributed by atoms with Crippen LogP contribution in [0, 0.1) is 5.92 Å². The van der Waals surface area contributed by atoms with Crippen LogP contribution in [-0.2, 0) is 6.54 Å². The van der Waals surface area contributed by atoms with Gasteiger partial charge in [-0.3, -0.25) is 0 Å². The largest absolute Gasteiger partial charge is 0.342 e. The minimum Gasteiger partial charge on any atom is -0.342 e. The van der Waals surface area contributed by atoms with Gasteiger partial charge >= 0.3 is 0 Å². The van der Waals surface area contributed by atoms with Gasteiger partial charge in [0.2, 0.25) is 5.95 Å². The van der Waals surface area contributed by atoms with Crippen molar-refractivity contribution in [1.29, 1.82) is 0 Å². The second-order valence-electron chi connectivity index (χ2n) is 4.45. The molecule has 2 rings (SSSR count). The highest BCUT2D eigenvalue weighted by Gasteiger charge is 2.21. The topological polar surface area (TPSA) is 21.1 Å². The third-order valence-corrected chi connectivity index (χ3v) is 3.57. The highest BCUT2D eigenvalue weighted by atomic mass is 35.5. The van der Waals surface area contributed by atoms with Crippen molar-refractivity contribution < 1.29 is 0 Å². The zero-order valence-corrected chi connectivity index (χ0v) is 10.7. The molecule has 3 nitrogen and oxygen atoms in total. The summed E-state index contributed by atoms with van der Waals surface area (Å²) in [6, 6.07) is 0. The number of anilines is 1. The maximum atomic E-state index is 5.83. The number of halogens is 1. The number of rotatable bonds is 4. The summed E-state index contributed by atoms with van der Waals surface area (Å²) in [6.45, 7) is 5.40. The lowest BCUT2D eigenvalue weighted by atomic mass is 9.96. The van der Waals surface area contributed by atoms with Crippen LogP contribution in [0.3, 0.4) is 0 Å². The highest BCUT2D eigenvalue weighted by molar-refractivity contribution is 6.17. The maximum Gasteiger partial charge on any atom is 0.205 e. The smallest absolute Gasteiger partial charge is 0.205 e. The minimum atomic E-state index is 0.744. The molecule has 1 saturated heterocycles. The lowest BCUT2D eigenvalue weighted by molar-refractivity contribution is 0.400. The van der Waals surface area contributed by atoms with Crippen molar-refractivity contribution >= 4 is 17.5 Å². The standard InChI is InChI=1S/C12H20ClN3/c1-2-15-9-7-14-12(15)16-8-3-4-11(10-16)5-6-13/h7,9,11H,2-6,8,10H2,1H3. The Labute approximate surface area is 102 Å². The summed E-state index contributed by atoms with van der Waals surface area (Å²) in [5.41, 5.74) is 0. The fraction of sp³-hybridized carbons (Fsp3) is 0.750. The van der Waals surface area contributed by atoms with Crippen LogP contribution in [0.1, 0.15) is 26.2 Å². The number of hydrogen-bond donors (Lipinski definition) is 0. The summed E-state index contributed by atoms with van der Waals surface area (Å²) in [4.78, 5) is 6.87. The van der Waals surface area contributed by atoms with Gasteiger partial charge in [0, 0.05) is 37.9 Å². The molecule has 0 spiro atoms. The number of aromatic nitrogens is 2. The second-order valence-corrected chi connectivity index (χ2v) is 4.82. The number of nitrogens with zero attached hydrogens (tertiary/aromatic N) is 3. The molecule has 1 aromatic heterocycles. The summed E-state index contributed by atoms with van der Waals surface area (Å²) in [5, 5.41) is 0. The van der Waals surface area contributed by atoms with Crippen molar-refractivity contribution in [3.8, 4) is 0 Å². The van der Waals surface area contributed by atoms with Crippen LogP contribution >= 0.6 is 11.6 Å². The van der Waals surface area contributed by atoms with Gasteiger partial charge in [0.25, 0.3) is 0 Å². The fourth-order valence-electron chi connectivity index (χ4n) is 2.47. The Hall–Kier alpha value is -0.700. The van der Waals surface area contributed by atoms with Gasteiger partial charge < -0.3 is 9.47 Å². The predicted molar refractivity (Wildman–Crippen MR) is 68.2 cm³/mol. The van der Waals surface area contributed by atoms with Crippen molar-refractivity contribution in [3.63, 3.8) is 0 Å². The molecule has 0 amide bonds. The van der Waals surface area contributed by atoms with Gasteiger partial charge in [-0.25, -0.2) is 4.98 Å². The van der Waals surface area contributed by atoms with E-state index in [0.29, 0.717) is 0 Å². The van der Waals surface area contributed by atoms with Crippen molar-refractivity contribution in [1.82, 2.24) is 9.55 Å². The fourth-order valence-corrected chi connectivity index (χ4v) is 2.78. The summed E-state index contributed by atoms with van der Waals surface area (Å²) < 4.78 is 2.21. The van der Waals surface area contributed by atoms with E-state index in [9.17, 15) is 0 Å². The first-order valence-electron chi connectivity index (χ1n) is 6.17. The third-order valence-electron chi connectivity index (χ3n) is 3.35. The van der Waals surface area contributed by atoms with Gasteiger partial charge in [0.05, 0.1) is 0 Å². The first kappa shape index (κ1) is 11.8. The first-order valence-corrected chi connectivity index (χ1v) is 6.70. The van der Waals surface area contributed by atoms with Crippen LogP contribution in [0.15, 0.2) is 12.4 Å². The van der Waals surface area contributed by atoms with E-state index in [-0.39, 0.29) is 0 Å². The van der Waals surface area contributed by atoms with Crippen molar-refractivity contribution in [2.45, 2.75) is 32.7 Å². The first-order chi connectivity index (χ1) is 7.85. The maximum absolute atomic E-state index is 5.83. The Bertz CT molecular complexity index is 322. The number of piperidine rings is 1. The minimum absolute atomic E-state index is 0.744. The van der Waals surface area contributed by atoms with Crippen molar-refractivity contribution in [2.75, 3.05) is 23.9 Å². The average molecular weight is 242 g/mol. The number of hydrogen-bond acceptors (Lipinski definition) is 2. The number of aryl methyl sites for hydroxylation is 1. The Morgan fingerprint density at radius 3 is 3.19 bits per heavy atom. The molecule has 0 aromatic carbocycles. The monoisotopic (exact) mass is 241 g/mol. The third kappa shape index (κ3) is 2.51. The summed E-state index contributed by atoms with van der Waals surface area (Å²) in [7, 11) is 0. The molecule has 1 fully saturated rings. The quantitative estimate of drug-likeness (QED) is 0.756. The van der Waals surface area contributed by atoms with Crippen LogP contribution in [0.2, 0.25) is 0 Å². The molecule has 4 heteroatoms. The van der Waals surface area contributed by atoms with E-state index in [1.54, 1.807) is 0 Å². The summed E-state index contributed by atoms with van der Waals surface area (Å²) in [5.74, 6) is 2.65. The molecule has 2 heterocycles. The summed E-state index contributed by atoms with van der Waals surface area (Å²) >= 11 is 5.83. The Kier molecular flexibility index (Phi) is 4.10. The highest BCUT2D eigenvalue weighted by Crippen LogP contribution is 2.24. The SMILES string of the molecule is CCn1ccnc1N1CCCC(CCCl)C1. The molecule has 1 aromatic rings. The zero-order chi connectivity index (χ0) is 11.4. The van der Waals surface area contributed by atoms with Crippen LogP contribution in [-0.4, -0.2) is 28.5 Å². The molecule has 1 atom stereocenters.